The average molecular weight is 393 g/mol. The number of halogens is 2. The van der Waals surface area contributed by atoms with Gasteiger partial charge in [-0.15, -0.1) is 0 Å². The summed E-state index contributed by atoms with van der Waals surface area (Å²) in [7, 11) is -2.16. The molecule has 0 amide bonds. The van der Waals surface area contributed by atoms with Gasteiger partial charge in [0.25, 0.3) is 0 Å². The maximum absolute atomic E-state index is 6.40. The van der Waals surface area contributed by atoms with Crippen LogP contribution in [-0.4, -0.2) is 22.9 Å². The summed E-state index contributed by atoms with van der Waals surface area (Å²) >= 11 is 9.95. The van der Waals surface area contributed by atoms with Crippen LogP contribution >= 0.6 is 27.5 Å². The molecule has 0 aromatic carbocycles. The number of nitrogens with zero attached hydrogens (tertiary/aromatic N) is 3. The number of hydrogen-bond acceptors (Lipinski definition) is 4. The molecule has 0 atom stereocenters. The van der Waals surface area contributed by atoms with Crippen LogP contribution in [0.3, 0.4) is 0 Å². The molecule has 2 N–H and O–H groups in total. The Hall–Kier alpha value is -0.633. The van der Waals surface area contributed by atoms with Crippen LogP contribution in [0.15, 0.2) is 10.8 Å². The van der Waals surface area contributed by atoms with Crippen LogP contribution in [0.2, 0.25) is 23.3 Å². The van der Waals surface area contributed by atoms with Gasteiger partial charge in [-0.3, -0.25) is 0 Å². The van der Waals surface area contributed by atoms with Crippen molar-refractivity contribution < 1.29 is 4.43 Å². The fourth-order valence-corrected chi connectivity index (χ4v) is 3.90. The Labute approximate surface area is 139 Å². The molecule has 5 nitrogen and oxygen atoms in total. The first-order valence-electron chi connectivity index (χ1n) is 6.88. The van der Waals surface area contributed by atoms with Crippen molar-refractivity contribution in [3.05, 3.63) is 21.5 Å². The molecule has 0 spiro atoms. The molecule has 0 saturated heterocycles. The third kappa shape index (κ3) is 2.97. The van der Waals surface area contributed by atoms with E-state index in [0.29, 0.717) is 23.1 Å². The van der Waals surface area contributed by atoms with Gasteiger partial charge in [-0.1, -0.05) is 0 Å². The molecule has 2 heterocycles. The van der Waals surface area contributed by atoms with Gasteiger partial charge in [-0.25, -0.2) is 0 Å². The molecule has 0 unspecified atom stereocenters. The minimum absolute atomic E-state index is 0.171. The molecule has 2 aromatic heterocycles. The third-order valence-electron chi connectivity index (χ3n) is 4.46. The molecule has 0 bridgehead atoms. The van der Waals surface area contributed by atoms with Crippen molar-refractivity contribution in [1.29, 1.82) is 0 Å². The van der Waals surface area contributed by atoms with E-state index in [4.69, 9.17) is 21.8 Å². The molecule has 118 valence electrons. The SMILES string of the molecule is CC(C)(C)[SiH-](C)(C)OCc1c(Br)c2c(N)ncnn2c1Cl. The van der Waals surface area contributed by atoms with Crippen molar-refractivity contribution in [2.75, 3.05) is 5.73 Å². The quantitative estimate of drug-likeness (QED) is 0.802. The van der Waals surface area contributed by atoms with E-state index in [1.165, 1.54) is 6.33 Å². The van der Waals surface area contributed by atoms with E-state index in [1.807, 2.05) is 0 Å². The van der Waals surface area contributed by atoms with E-state index in [2.05, 4.69) is 59.9 Å². The van der Waals surface area contributed by atoms with Crippen molar-refractivity contribution in [1.82, 2.24) is 14.6 Å². The maximum atomic E-state index is 6.40. The second-order valence-electron chi connectivity index (χ2n) is 6.91. The Morgan fingerprint density at radius 3 is 2.57 bits per heavy atom. The predicted molar refractivity (Wildman–Crippen MR) is 93.5 cm³/mol. The number of anilines is 1. The van der Waals surface area contributed by atoms with Crippen LogP contribution in [0.4, 0.5) is 5.82 Å². The number of nitrogen functional groups attached to an aromatic ring is 1. The van der Waals surface area contributed by atoms with Crippen LogP contribution in [0, 0.1) is 0 Å². The van der Waals surface area contributed by atoms with Crippen molar-refractivity contribution in [3.63, 3.8) is 0 Å². The Morgan fingerprint density at radius 1 is 1.43 bits per heavy atom. The summed E-state index contributed by atoms with van der Waals surface area (Å²) in [6, 6.07) is 0. The number of nitrogens with two attached hydrogens (primary N) is 1. The van der Waals surface area contributed by atoms with Gasteiger partial charge < -0.3 is 0 Å². The summed E-state index contributed by atoms with van der Waals surface area (Å²) in [5.41, 5.74) is 7.44. The van der Waals surface area contributed by atoms with E-state index in [1.54, 1.807) is 4.52 Å². The Kier molecular flexibility index (Phi) is 4.41. The fraction of sp³-hybridized carbons (Fsp3) is 0.538. The van der Waals surface area contributed by atoms with Gasteiger partial charge in [-0.2, -0.15) is 0 Å². The second-order valence-corrected chi connectivity index (χ2v) is 13.6. The van der Waals surface area contributed by atoms with Crippen LogP contribution in [0.1, 0.15) is 26.3 Å². The summed E-state index contributed by atoms with van der Waals surface area (Å²) in [4.78, 5) is 4.00. The van der Waals surface area contributed by atoms with Gasteiger partial charge in [-0.05, 0) is 0 Å². The van der Waals surface area contributed by atoms with Crippen molar-refractivity contribution in [2.24, 2.45) is 0 Å². The van der Waals surface area contributed by atoms with Gasteiger partial charge in [0.1, 0.15) is 0 Å². The summed E-state index contributed by atoms with van der Waals surface area (Å²) in [6.45, 7) is 11.6. The fourth-order valence-electron chi connectivity index (χ4n) is 1.75. The molecule has 0 aliphatic heterocycles. The van der Waals surface area contributed by atoms with Crippen molar-refractivity contribution in [3.8, 4) is 0 Å². The van der Waals surface area contributed by atoms with Crippen LogP contribution in [0.25, 0.3) is 5.52 Å². The minimum atomic E-state index is -2.16. The van der Waals surface area contributed by atoms with Gasteiger partial charge in [0.2, 0.25) is 0 Å². The standard InChI is InChI=1S/C13H21BrClN4OSi/c1-13(2,3)21(4,5)20-6-8-9(14)10-12(16)17-7-18-19(10)11(8)15/h7,21H,6H2,1-5H3,(H2,16,17,18)/q-1. The predicted octanol–water partition coefficient (Wildman–Crippen LogP) is 3.98. The van der Waals surface area contributed by atoms with Gasteiger partial charge in [0.05, 0.1) is 0 Å². The van der Waals surface area contributed by atoms with E-state index in [0.717, 1.165) is 10.0 Å². The van der Waals surface area contributed by atoms with E-state index >= 15 is 0 Å². The average Bonchev–Trinajstić information content (AvgIpc) is 2.59. The van der Waals surface area contributed by atoms with Crippen molar-refractivity contribution >= 4 is 47.2 Å². The summed E-state index contributed by atoms with van der Waals surface area (Å²) in [6.07, 6.45) is 1.39. The van der Waals surface area contributed by atoms with Crippen LogP contribution in [-0.2, 0) is 11.0 Å². The summed E-state index contributed by atoms with van der Waals surface area (Å²) < 4.78 is 8.65. The Bertz CT molecular complexity index is 681. The number of fused-ring (bicyclic) bond motifs is 1. The van der Waals surface area contributed by atoms with Crippen LogP contribution < -0.4 is 5.73 Å². The molecule has 0 saturated carbocycles. The molecule has 0 aliphatic carbocycles. The first-order valence-corrected chi connectivity index (χ1v) is 11.4. The molecular weight excluding hydrogens is 372 g/mol. The third-order valence-corrected chi connectivity index (χ3v) is 10.9. The second kappa shape index (κ2) is 5.53. The zero-order valence-corrected chi connectivity index (χ0v) is 16.4. The molecule has 0 aliphatic rings. The summed E-state index contributed by atoms with van der Waals surface area (Å²) in [5, 5.41) is 4.82. The number of hydrogen-bond donors (Lipinski definition) is 1. The topological polar surface area (TPSA) is 65.4 Å². The molecule has 8 heteroatoms. The monoisotopic (exact) mass is 391 g/mol. The number of rotatable bonds is 3. The van der Waals surface area contributed by atoms with Crippen molar-refractivity contribution in [2.45, 2.75) is 45.5 Å². The molecule has 21 heavy (non-hydrogen) atoms. The van der Waals surface area contributed by atoms with Crippen LogP contribution in [0.5, 0.6) is 0 Å². The molecular formula is C13H21BrClN4OSi-. The van der Waals surface area contributed by atoms with Gasteiger partial charge in [0.15, 0.2) is 0 Å². The van der Waals surface area contributed by atoms with Gasteiger partial charge in [0, 0.05) is 0 Å². The first kappa shape index (κ1) is 16.7. The van der Waals surface area contributed by atoms with E-state index < -0.39 is 8.32 Å². The molecule has 0 radical (unpaired) electrons. The number of aromatic nitrogens is 3. The first-order chi connectivity index (χ1) is 9.56. The zero-order chi connectivity index (χ0) is 16.0. The zero-order valence-electron chi connectivity index (χ0n) is 12.9. The Morgan fingerprint density at radius 2 is 2.05 bits per heavy atom. The van der Waals surface area contributed by atoms with E-state index in [-0.39, 0.29) is 5.04 Å². The molecule has 2 rings (SSSR count). The van der Waals surface area contributed by atoms with Gasteiger partial charge >= 0.3 is 139 Å². The van der Waals surface area contributed by atoms with E-state index in [9.17, 15) is 0 Å². The molecule has 2 aromatic rings. The normalized spacial score (nSPS) is 13.9. The summed E-state index contributed by atoms with van der Waals surface area (Å²) in [5.74, 6) is 0.389. The Balaban J connectivity index is 2.39. The molecule has 0 fully saturated rings.